The van der Waals surface area contributed by atoms with Crippen LogP contribution in [0, 0.1) is 5.92 Å². The van der Waals surface area contributed by atoms with E-state index in [2.05, 4.69) is 17.6 Å². The van der Waals surface area contributed by atoms with Crippen molar-refractivity contribution >= 4 is 11.8 Å². The zero-order valence-corrected chi connectivity index (χ0v) is 10.5. The molecule has 5 heteroatoms. The maximum absolute atomic E-state index is 12.4. The highest BCUT2D eigenvalue weighted by Gasteiger charge is 2.38. The summed E-state index contributed by atoms with van der Waals surface area (Å²) in [5.74, 6) is 0.444. The Morgan fingerprint density at radius 1 is 1.47 bits per heavy atom. The lowest BCUT2D eigenvalue weighted by molar-refractivity contribution is -0.145. The molecule has 0 spiro atoms. The van der Waals surface area contributed by atoms with E-state index >= 15 is 0 Å². The Kier molecular flexibility index (Phi) is 3.66. The smallest absolute Gasteiger partial charge is 0.242 e. The van der Waals surface area contributed by atoms with Crippen LogP contribution in [0.2, 0.25) is 0 Å². The minimum absolute atomic E-state index is 0.0160. The van der Waals surface area contributed by atoms with Crippen LogP contribution >= 0.6 is 0 Å². The summed E-state index contributed by atoms with van der Waals surface area (Å²) in [5.41, 5.74) is 0. The topological polar surface area (TPSA) is 61.4 Å². The fraction of sp³-hybridized carbons (Fsp3) is 0.833. The van der Waals surface area contributed by atoms with Gasteiger partial charge in [-0.15, -0.1) is 0 Å². The number of rotatable bonds is 2. The number of hydrogen-bond donors (Lipinski definition) is 2. The van der Waals surface area contributed by atoms with Crippen LogP contribution in [0.5, 0.6) is 0 Å². The van der Waals surface area contributed by atoms with Crippen LogP contribution in [0.25, 0.3) is 0 Å². The number of piperazine rings is 1. The minimum Gasteiger partial charge on any atom is -0.353 e. The van der Waals surface area contributed by atoms with Gasteiger partial charge in [0.2, 0.25) is 11.8 Å². The third-order valence-corrected chi connectivity index (χ3v) is 3.80. The molecule has 17 heavy (non-hydrogen) atoms. The molecular weight excluding hydrogens is 218 g/mol. The van der Waals surface area contributed by atoms with E-state index in [1.54, 1.807) is 4.90 Å². The summed E-state index contributed by atoms with van der Waals surface area (Å²) in [4.78, 5) is 25.9. The molecule has 2 N–H and O–H groups in total. The quantitative estimate of drug-likeness (QED) is 0.697. The van der Waals surface area contributed by atoms with Crippen molar-refractivity contribution in [1.29, 1.82) is 0 Å². The molecule has 2 amide bonds. The normalized spacial score (nSPS) is 33.6. The third-order valence-electron chi connectivity index (χ3n) is 3.80. The first-order valence-electron chi connectivity index (χ1n) is 6.46. The van der Waals surface area contributed by atoms with Crippen molar-refractivity contribution in [2.24, 2.45) is 5.92 Å². The molecule has 96 valence electrons. The molecular formula is C12H21N3O2. The molecule has 0 saturated carbocycles. The summed E-state index contributed by atoms with van der Waals surface area (Å²) in [5, 5.41) is 6.06. The van der Waals surface area contributed by atoms with E-state index in [0.717, 1.165) is 13.0 Å². The molecule has 2 fully saturated rings. The highest BCUT2D eigenvalue weighted by atomic mass is 16.2. The van der Waals surface area contributed by atoms with Crippen molar-refractivity contribution in [3.8, 4) is 0 Å². The van der Waals surface area contributed by atoms with Crippen LogP contribution in [-0.2, 0) is 9.59 Å². The lowest BCUT2D eigenvalue weighted by Gasteiger charge is -2.36. The minimum atomic E-state index is -0.286. The number of carbonyl (C=O) groups excluding carboxylic acids is 2. The van der Waals surface area contributed by atoms with Crippen LogP contribution < -0.4 is 10.6 Å². The largest absolute Gasteiger partial charge is 0.353 e. The van der Waals surface area contributed by atoms with Gasteiger partial charge in [0.15, 0.2) is 0 Å². The van der Waals surface area contributed by atoms with Crippen molar-refractivity contribution < 1.29 is 9.59 Å². The second-order valence-electron chi connectivity index (χ2n) is 4.94. The zero-order valence-electron chi connectivity index (χ0n) is 10.5. The monoisotopic (exact) mass is 239 g/mol. The SMILES string of the molecule is CCC1C(=O)NCCN1C(=O)C1NCCC1C. The predicted octanol–water partition coefficient (Wildman–Crippen LogP) is -0.279. The average Bonchev–Trinajstić information content (AvgIpc) is 2.74. The lowest BCUT2D eigenvalue weighted by Crippen LogP contribution is -2.60. The Morgan fingerprint density at radius 2 is 2.24 bits per heavy atom. The summed E-state index contributed by atoms with van der Waals surface area (Å²) in [6, 6.07) is -0.388. The Labute approximate surface area is 102 Å². The van der Waals surface area contributed by atoms with Gasteiger partial charge < -0.3 is 15.5 Å². The van der Waals surface area contributed by atoms with E-state index in [4.69, 9.17) is 0 Å². The van der Waals surface area contributed by atoms with Crippen molar-refractivity contribution in [2.45, 2.75) is 38.8 Å². The van der Waals surface area contributed by atoms with Crippen molar-refractivity contribution in [3.05, 3.63) is 0 Å². The molecule has 0 radical (unpaired) electrons. The maximum atomic E-state index is 12.4. The van der Waals surface area contributed by atoms with Gasteiger partial charge in [-0.1, -0.05) is 13.8 Å². The van der Waals surface area contributed by atoms with E-state index < -0.39 is 0 Å². The van der Waals surface area contributed by atoms with Gasteiger partial charge in [-0.2, -0.15) is 0 Å². The number of amides is 2. The number of carbonyl (C=O) groups is 2. The first-order valence-corrected chi connectivity index (χ1v) is 6.46. The Morgan fingerprint density at radius 3 is 2.82 bits per heavy atom. The molecule has 3 unspecified atom stereocenters. The Balaban J connectivity index is 2.09. The summed E-state index contributed by atoms with van der Waals surface area (Å²) >= 11 is 0. The van der Waals surface area contributed by atoms with Gasteiger partial charge in [-0.3, -0.25) is 9.59 Å². The van der Waals surface area contributed by atoms with Gasteiger partial charge in [0.1, 0.15) is 6.04 Å². The highest BCUT2D eigenvalue weighted by Crippen LogP contribution is 2.19. The van der Waals surface area contributed by atoms with Crippen molar-refractivity contribution in [2.75, 3.05) is 19.6 Å². The van der Waals surface area contributed by atoms with E-state index in [1.165, 1.54) is 0 Å². The molecule has 2 aliphatic rings. The highest BCUT2D eigenvalue weighted by molar-refractivity contribution is 5.91. The molecule has 0 aromatic rings. The first kappa shape index (κ1) is 12.4. The van der Waals surface area contributed by atoms with Gasteiger partial charge in [0.25, 0.3) is 0 Å². The zero-order chi connectivity index (χ0) is 12.4. The van der Waals surface area contributed by atoms with Crippen LogP contribution in [0.15, 0.2) is 0 Å². The molecule has 3 atom stereocenters. The maximum Gasteiger partial charge on any atom is 0.242 e. The molecule has 2 heterocycles. The van der Waals surface area contributed by atoms with Gasteiger partial charge >= 0.3 is 0 Å². The van der Waals surface area contributed by atoms with E-state index in [-0.39, 0.29) is 23.9 Å². The molecule has 0 aromatic heterocycles. The van der Waals surface area contributed by atoms with Crippen LogP contribution in [0.1, 0.15) is 26.7 Å². The summed E-state index contributed by atoms with van der Waals surface area (Å²) < 4.78 is 0. The van der Waals surface area contributed by atoms with Gasteiger partial charge in [0.05, 0.1) is 6.04 Å². The Hall–Kier alpha value is -1.10. The van der Waals surface area contributed by atoms with Crippen LogP contribution in [-0.4, -0.2) is 48.4 Å². The average molecular weight is 239 g/mol. The number of hydrogen-bond acceptors (Lipinski definition) is 3. The Bertz CT molecular complexity index is 319. The second kappa shape index (κ2) is 5.04. The molecule has 2 rings (SSSR count). The van der Waals surface area contributed by atoms with Crippen LogP contribution in [0.3, 0.4) is 0 Å². The first-order chi connectivity index (χ1) is 8.15. The van der Waals surface area contributed by atoms with E-state index in [0.29, 0.717) is 25.4 Å². The third kappa shape index (κ3) is 2.29. The summed E-state index contributed by atoms with van der Waals surface area (Å²) in [6.07, 6.45) is 1.71. The fourth-order valence-corrected chi connectivity index (χ4v) is 2.73. The van der Waals surface area contributed by atoms with Crippen molar-refractivity contribution in [1.82, 2.24) is 15.5 Å². The molecule has 0 aromatic carbocycles. The molecule has 2 aliphatic heterocycles. The van der Waals surface area contributed by atoms with Crippen LogP contribution in [0.4, 0.5) is 0 Å². The lowest BCUT2D eigenvalue weighted by atomic mass is 10.00. The number of nitrogens with one attached hydrogen (secondary N) is 2. The fourth-order valence-electron chi connectivity index (χ4n) is 2.73. The summed E-state index contributed by atoms with van der Waals surface area (Å²) in [7, 11) is 0. The number of nitrogens with zero attached hydrogens (tertiary/aromatic N) is 1. The molecule has 0 bridgehead atoms. The van der Waals surface area contributed by atoms with Crippen molar-refractivity contribution in [3.63, 3.8) is 0 Å². The summed E-state index contributed by atoms with van der Waals surface area (Å²) in [6.45, 7) is 6.14. The standard InChI is InChI=1S/C12H21N3O2/c1-3-9-11(16)14-6-7-15(9)12(17)10-8(2)4-5-13-10/h8-10,13H,3-7H2,1-2H3,(H,14,16). The molecule has 5 nitrogen and oxygen atoms in total. The molecule has 2 saturated heterocycles. The molecule has 0 aliphatic carbocycles. The van der Waals surface area contributed by atoms with E-state index in [1.807, 2.05) is 6.92 Å². The van der Waals surface area contributed by atoms with Gasteiger partial charge in [-0.25, -0.2) is 0 Å². The second-order valence-corrected chi connectivity index (χ2v) is 4.94. The van der Waals surface area contributed by atoms with E-state index in [9.17, 15) is 9.59 Å². The van der Waals surface area contributed by atoms with Gasteiger partial charge in [-0.05, 0) is 25.3 Å². The predicted molar refractivity (Wildman–Crippen MR) is 64.4 cm³/mol. The van der Waals surface area contributed by atoms with Gasteiger partial charge in [0, 0.05) is 13.1 Å².